The number of hydrogen-bond donors (Lipinski definition) is 1. The second kappa shape index (κ2) is 4.90. The fourth-order valence-corrected chi connectivity index (χ4v) is 1.50. The first kappa shape index (κ1) is 10.8. The van der Waals surface area contributed by atoms with Gasteiger partial charge in [0, 0.05) is 6.54 Å². The van der Waals surface area contributed by atoms with Crippen molar-refractivity contribution in [2.75, 3.05) is 7.05 Å². The molecule has 1 heterocycles. The monoisotopic (exact) mass is 220 g/mol. The highest BCUT2D eigenvalue weighted by atomic mass is 19.1. The van der Waals surface area contributed by atoms with Crippen LogP contribution in [0.5, 0.6) is 0 Å². The molecular weight excluding hydrogens is 207 g/mol. The van der Waals surface area contributed by atoms with Crippen LogP contribution in [0, 0.1) is 5.82 Å². The Morgan fingerprint density at radius 2 is 2.19 bits per heavy atom. The lowest BCUT2D eigenvalue weighted by molar-refractivity contribution is 0.500. The number of nitrogens with one attached hydrogen (secondary N) is 1. The Hall–Kier alpha value is -1.68. The highest BCUT2D eigenvalue weighted by molar-refractivity contribution is 5.20. The van der Waals surface area contributed by atoms with Gasteiger partial charge in [-0.2, -0.15) is 0 Å². The van der Waals surface area contributed by atoms with Gasteiger partial charge in [0.2, 0.25) is 0 Å². The molecule has 4 heteroatoms. The normalized spacial score (nSPS) is 10.6. The van der Waals surface area contributed by atoms with E-state index in [9.17, 15) is 4.39 Å². The van der Waals surface area contributed by atoms with E-state index in [1.54, 1.807) is 24.5 Å². The summed E-state index contributed by atoms with van der Waals surface area (Å²) in [7, 11) is 1.84. The number of nitrogens with zero attached hydrogens (tertiary/aromatic N) is 1. The van der Waals surface area contributed by atoms with Gasteiger partial charge in [-0.05, 0) is 18.7 Å². The van der Waals surface area contributed by atoms with Crippen molar-refractivity contribution in [1.82, 2.24) is 10.3 Å². The number of aromatic nitrogens is 1. The first-order valence-corrected chi connectivity index (χ1v) is 5.11. The molecule has 1 aromatic carbocycles. The van der Waals surface area contributed by atoms with Gasteiger partial charge in [-0.1, -0.05) is 18.2 Å². The minimum Gasteiger partial charge on any atom is -0.448 e. The molecule has 0 bridgehead atoms. The number of halogens is 1. The van der Waals surface area contributed by atoms with Crippen LogP contribution in [-0.4, -0.2) is 12.0 Å². The van der Waals surface area contributed by atoms with E-state index >= 15 is 0 Å². The average molecular weight is 220 g/mol. The second-order valence-corrected chi connectivity index (χ2v) is 3.53. The summed E-state index contributed by atoms with van der Waals surface area (Å²) in [6, 6.07) is 6.64. The van der Waals surface area contributed by atoms with Crippen LogP contribution in [0.3, 0.4) is 0 Å². The molecule has 0 atom stereocenters. The van der Waals surface area contributed by atoms with E-state index < -0.39 is 0 Å². The molecule has 0 aliphatic carbocycles. The highest BCUT2D eigenvalue weighted by Crippen LogP contribution is 2.12. The van der Waals surface area contributed by atoms with Crippen molar-refractivity contribution in [2.45, 2.75) is 13.0 Å². The molecule has 0 aliphatic rings. The van der Waals surface area contributed by atoms with Crippen molar-refractivity contribution in [3.8, 4) is 0 Å². The molecule has 0 aliphatic heterocycles. The zero-order valence-electron chi connectivity index (χ0n) is 9.03. The molecule has 0 saturated carbocycles. The summed E-state index contributed by atoms with van der Waals surface area (Å²) in [6.07, 6.45) is 1.98. The van der Waals surface area contributed by atoms with Crippen LogP contribution < -0.4 is 5.32 Å². The minimum absolute atomic E-state index is 0.226. The molecule has 1 aromatic heterocycles. The lowest BCUT2D eigenvalue weighted by atomic mass is 10.1. The van der Waals surface area contributed by atoms with Gasteiger partial charge < -0.3 is 9.73 Å². The van der Waals surface area contributed by atoms with Gasteiger partial charge >= 0.3 is 0 Å². The molecule has 0 amide bonds. The van der Waals surface area contributed by atoms with Gasteiger partial charge in [0.15, 0.2) is 5.89 Å². The molecule has 84 valence electrons. The Kier molecular flexibility index (Phi) is 3.31. The molecular formula is C12H13FN2O. The minimum atomic E-state index is -0.226. The van der Waals surface area contributed by atoms with E-state index in [2.05, 4.69) is 10.3 Å². The van der Waals surface area contributed by atoms with Crippen LogP contribution >= 0.6 is 0 Å². The van der Waals surface area contributed by atoms with Crippen molar-refractivity contribution in [2.24, 2.45) is 0 Å². The first-order valence-electron chi connectivity index (χ1n) is 5.11. The van der Waals surface area contributed by atoms with Gasteiger partial charge in [0.05, 0.1) is 12.1 Å². The van der Waals surface area contributed by atoms with Crippen LogP contribution in [0.1, 0.15) is 17.1 Å². The Balaban J connectivity index is 2.11. The summed E-state index contributed by atoms with van der Waals surface area (Å²) >= 11 is 0. The molecule has 0 radical (unpaired) electrons. The predicted octanol–water partition coefficient (Wildman–Crippen LogP) is 2.12. The van der Waals surface area contributed by atoms with Crippen molar-refractivity contribution in [3.63, 3.8) is 0 Å². The van der Waals surface area contributed by atoms with E-state index in [-0.39, 0.29) is 5.82 Å². The number of benzene rings is 1. The second-order valence-electron chi connectivity index (χ2n) is 3.53. The lowest BCUT2D eigenvalue weighted by Gasteiger charge is -1.98. The third-order valence-corrected chi connectivity index (χ3v) is 2.26. The summed E-state index contributed by atoms with van der Waals surface area (Å²) in [5, 5.41) is 2.98. The number of rotatable bonds is 4. The van der Waals surface area contributed by atoms with E-state index in [1.807, 2.05) is 7.05 Å². The van der Waals surface area contributed by atoms with Crippen LogP contribution in [-0.2, 0) is 13.0 Å². The van der Waals surface area contributed by atoms with Crippen molar-refractivity contribution < 1.29 is 8.81 Å². The quantitative estimate of drug-likeness (QED) is 0.857. The van der Waals surface area contributed by atoms with Gasteiger partial charge in [-0.25, -0.2) is 9.37 Å². The zero-order chi connectivity index (χ0) is 11.4. The van der Waals surface area contributed by atoms with Crippen molar-refractivity contribution >= 4 is 0 Å². The van der Waals surface area contributed by atoms with Gasteiger partial charge in [0.1, 0.15) is 12.1 Å². The molecule has 0 fully saturated rings. The molecule has 0 unspecified atom stereocenters. The summed E-state index contributed by atoms with van der Waals surface area (Å²) < 4.78 is 18.6. The summed E-state index contributed by atoms with van der Waals surface area (Å²) in [5.41, 5.74) is 1.43. The Labute approximate surface area is 93.3 Å². The fraction of sp³-hybridized carbons (Fsp3) is 0.250. The molecule has 3 nitrogen and oxygen atoms in total. The maximum Gasteiger partial charge on any atom is 0.198 e. The van der Waals surface area contributed by atoms with Crippen LogP contribution in [0.2, 0.25) is 0 Å². The molecule has 2 aromatic rings. The van der Waals surface area contributed by atoms with E-state index in [0.717, 1.165) is 5.69 Å². The number of hydrogen-bond acceptors (Lipinski definition) is 3. The van der Waals surface area contributed by atoms with Crippen LogP contribution in [0.25, 0.3) is 0 Å². The SMILES string of the molecule is CNCc1coc(Cc2ccccc2F)n1. The Morgan fingerprint density at radius 1 is 1.38 bits per heavy atom. The Bertz CT molecular complexity index is 468. The standard InChI is InChI=1S/C12H13FN2O/c1-14-7-10-8-16-12(15-10)6-9-4-2-3-5-11(9)13/h2-5,8,14H,6-7H2,1H3. The van der Waals surface area contributed by atoms with E-state index in [4.69, 9.17) is 4.42 Å². The summed E-state index contributed by atoms with van der Waals surface area (Å²) in [5.74, 6) is 0.311. The highest BCUT2D eigenvalue weighted by Gasteiger charge is 2.07. The van der Waals surface area contributed by atoms with E-state index in [0.29, 0.717) is 24.4 Å². The molecule has 16 heavy (non-hydrogen) atoms. The smallest absolute Gasteiger partial charge is 0.198 e. The maximum absolute atomic E-state index is 13.3. The van der Waals surface area contributed by atoms with Gasteiger partial charge in [-0.3, -0.25) is 0 Å². The topological polar surface area (TPSA) is 38.1 Å². The number of oxazole rings is 1. The van der Waals surface area contributed by atoms with Crippen molar-refractivity contribution in [3.05, 3.63) is 53.5 Å². The first-order chi connectivity index (χ1) is 7.79. The third-order valence-electron chi connectivity index (χ3n) is 2.26. The molecule has 2 rings (SSSR count). The summed E-state index contributed by atoms with van der Waals surface area (Å²) in [4.78, 5) is 4.24. The third kappa shape index (κ3) is 2.46. The van der Waals surface area contributed by atoms with Crippen LogP contribution in [0.15, 0.2) is 34.9 Å². The fourth-order valence-electron chi connectivity index (χ4n) is 1.50. The predicted molar refractivity (Wildman–Crippen MR) is 58.5 cm³/mol. The van der Waals surface area contributed by atoms with Crippen molar-refractivity contribution in [1.29, 1.82) is 0 Å². The lowest BCUT2D eigenvalue weighted by Crippen LogP contribution is -2.05. The largest absolute Gasteiger partial charge is 0.448 e. The van der Waals surface area contributed by atoms with E-state index in [1.165, 1.54) is 6.07 Å². The van der Waals surface area contributed by atoms with Gasteiger partial charge in [0.25, 0.3) is 0 Å². The zero-order valence-corrected chi connectivity index (χ0v) is 9.03. The molecule has 0 spiro atoms. The average Bonchev–Trinajstić information content (AvgIpc) is 2.70. The molecule has 1 N–H and O–H groups in total. The van der Waals surface area contributed by atoms with Crippen LogP contribution in [0.4, 0.5) is 4.39 Å². The van der Waals surface area contributed by atoms with Gasteiger partial charge in [-0.15, -0.1) is 0 Å². The Morgan fingerprint density at radius 3 is 2.94 bits per heavy atom. The summed E-state index contributed by atoms with van der Waals surface area (Å²) in [6.45, 7) is 0.654. The maximum atomic E-state index is 13.3. The molecule has 0 saturated heterocycles.